The van der Waals surface area contributed by atoms with Crippen LogP contribution in [0.2, 0.25) is 0 Å². The largest absolute Gasteiger partial charge is 0.480 e. The SMILES string of the molecule is CC(C)C(NC(=O)CC(NC(=O)OCC1c2ccccc2-c2ccccc21)C1CCCC1)C(=O)O. The zero-order valence-corrected chi connectivity index (χ0v) is 20.3. The van der Waals surface area contributed by atoms with Gasteiger partial charge in [0.15, 0.2) is 0 Å². The first-order valence-corrected chi connectivity index (χ1v) is 12.5. The van der Waals surface area contributed by atoms with E-state index in [1.54, 1.807) is 13.8 Å². The predicted octanol–water partition coefficient (Wildman–Crippen LogP) is 4.70. The van der Waals surface area contributed by atoms with Gasteiger partial charge in [-0.2, -0.15) is 0 Å². The van der Waals surface area contributed by atoms with Crippen molar-refractivity contribution < 1.29 is 24.2 Å². The van der Waals surface area contributed by atoms with Crippen LogP contribution in [-0.2, 0) is 14.3 Å². The Bertz CT molecular complexity index is 1030. The number of aliphatic carboxylic acids is 1. The van der Waals surface area contributed by atoms with Crippen LogP contribution < -0.4 is 10.6 Å². The molecule has 0 aromatic heterocycles. The van der Waals surface area contributed by atoms with Crippen LogP contribution in [0.4, 0.5) is 4.79 Å². The molecule has 1 saturated carbocycles. The van der Waals surface area contributed by atoms with E-state index in [9.17, 15) is 19.5 Å². The Hall–Kier alpha value is -3.35. The van der Waals surface area contributed by atoms with E-state index in [0.29, 0.717) is 0 Å². The summed E-state index contributed by atoms with van der Waals surface area (Å²) in [5.41, 5.74) is 4.61. The lowest BCUT2D eigenvalue weighted by molar-refractivity contribution is -0.143. The number of carbonyl (C=O) groups excluding carboxylic acids is 2. The number of benzene rings is 2. The van der Waals surface area contributed by atoms with E-state index in [4.69, 9.17) is 4.74 Å². The summed E-state index contributed by atoms with van der Waals surface area (Å²) in [6, 6.07) is 15.0. The maximum Gasteiger partial charge on any atom is 0.407 e. The van der Waals surface area contributed by atoms with Gasteiger partial charge in [0.1, 0.15) is 12.6 Å². The van der Waals surface area contributed by atoms with E-state index >= 15 is 0 Å². The summed E-state index contributed by atoms with van der Waals surface area (Å²) in [5, 5.41) is 14.9. The number of hydrogen-bond donors (Lipinski definition) is 3. The average molecular weight is 479 g/mol. The molecule has 4 rings (SSSR count). The molecule has 2 aromatic rings. The van der Waals surface area contributed by atoms with Crippen molar-refractivity contribution in [3.8, 4) is 11.1 Å². The van der Waals surface area contributed by atoms with E-state index < -0.39 is 24.1 Å². The summed E-state index contributed by atoms with van der Waals surface area (Å²) >= 11 is 0. The first kappa shape index (κ1) is 24.8. The number of carboxylic acids is 1. The zero-order chi connectivity index (χ0) is 24.9. The highest BCUT2D eigenvalue weighted by Crippen LogP contribution is 2.44. The number of amides is 2. The maximum atomic E-state index is 12.9. The molecule has 0 aliphatic heterocycles. The molecule has 35 heavy (non-hydrogen) atoms. The molecular weight excluding hydrogens is 444 g/mol. The van der Waals surface area contributed by atoms with Gasteiger partial charge in [0.25, 0.3) is 0 Å². The fraction of sp³-hybridized carbons (Fsp3) is 0.464. The molecule has 2 amide bonds. The predicted molar refractivity (Wildman–Crippen MR) is 133 cm³/mol. The smallest absolute Gasteiger partial charge is 0.407 e. The lowest BCUT2D eigenvalue weighted by Gasteiger charge is -2.26. The highest BCUT2D eigenvalue weighted by molar-refractivity contribution is 5.84. The molecule has 2 atom stereocenters. The van der Waals surface area contributed by atoms with Crippen LogP contribution in [-0.4, -0.2) is 41.8 Å². The number of ether oxygens (including phenoxy) is 1. The van der Waals surface area contributed by atoms with Crippen molar-refractivity contribution in [1.29, 1.82) is 0 Å². The third-order valence-corrected chi connectivity index (χ3v) is 7.27. The van der Waals surface area contributed by atoms with Crippen molar-refractivity contribution in [1.82, 2.24) is 10.6 Å². The molecule has 0 saturated heterocycles. The molecule has 3 N–H and O–H groups in total. The average Bonchev–Trinajstić information content (AvgIpc) is 3.47. The van der Waals surface area contributed by atoms with Crippen LogP contribution in [0.3, 0.4) is 0 Å². The molecule has 2 aromatic carbocycles. The summed E-state index contributed by atoms with van der Waals surface area (Å²) in [6.45, 7) is 3.71. The molecule has 0 heterocycles. The van der Waals surface area contributed by atoms with E-state index in [2.05, 4.69) is 34.9 Å². The highest BCUT2D eigenvalue weighted by atomic mass is 16.5. The van der Waals surface area contributed by atoms with E-state index in [1.165, 1.54) is 0 Å². The molecule has 2 aliphatic rings. The Labute approximate surface area is 206 Å². The highest BCUT2D eigenvalue weighted by Gasteiger charge is 2.32. The second-order valence-electron chi connectivity index (χ2n) is 9.95. The molecule has 1 fully saturated rings. The Balaban J connectivity index is 1.40. The van der Waals surface area contributed by atoms with E-state index in [-0.39, 0.29) is 36.7 Å². The van der Waals surface area contributed by atoms with Crippen LogP contribution >= 0.6 is 0 Å². The van der Waals surface area contributed by atoms with Gasteiger partial charge in [-0.05, 0) is 46.9 Å². The Morgan fingerprint density at radius 2 is 1.51 bits per heavy atom. The molecule has 2 aliphatic carbocycles. The number of alkyl carbamates (subject to hydrolysis) is 1. The van der Waals surface area contributed by atoms with Crippen molar-refractivity contribution >= 4 is 18.0 Å². The molecular formula is C28H34N2O5. The monoisotopic (exact) mass is 478 g/mol. The van der Waals surface area contributed by atoms with Crippen molar-refractivity contribution in [2.24, 2.45) is 11.8 Å². The molecule has 2 unspecified atom stereocenters. The molecule has 0 spiro atoms. The van der Waals surface area contributed by atoms with Crippen LogP contribution in [0, 0.1) is 11.8 Å². The number of nitrogens with one attached hydrogen (secondary N) is 2. The second kappa shape index (κ2) is 10.9. The second-order valence-corrected chi connectivity index (χ2v) is 9.95. The standard InChI is InChI=1S/C28H34N2O5/c1-17(2)26(27(32)33)30-25(31)15-24(18-9-3-4-10-18)29-28(34)35-16-23-21-13-7-5-11-19(21)20-12-6-8-14-22(20)23/h5-8,11-14,17-18,23-24,26H,3-4,9-10,15-16H2,1-2H3,(H,29,34)(H,30,31)(H,32,33). The van der Waals surface area contributed by atoms with Crippen molar-refractivity contribution in [3.05, 3.63) is 59.7 Å². The van der Waals surface area contributed by atoms with Gasteiger partial charge < -0.3 is 20.5 Å². The Kier molecular flexibility index (Phi) is 7.73. The van der Waals surface area contributed by atoms with E-state index in [1.807, 2.05) is 24.3 Å². The quantitative estimate of drug-likeness (QED) is 0.485. The van der Waals surface area contributed by atoms with Crippen molar-refractivity contribution in [2.45, 2.75) is 64.0 Å². The number of carboxylic acid groups (broad SMARTS) is 1. The van der Waals surface area contributed by atoms with Gasteiger partial charge in [0, 0.05) is 18.4 Å². The summed E-state index contributed by atoms with van der Waals surface area (Å²) < 4.78 is 5.69. The summed E-state index contributed by atoms with van der Waals surface area (Å²) in [5.74, 6) is -1.54. The van der Waals surface area contributed by atoms with Crippen molar-refractivity contribution in [3.63, 3.8) is 0 Å². The molecule has 0 radical (unpaired) electrons. The first-order chi connectivity index (χ1) is 16.8. The lowest BCUT2D eigenvalue weighted by Crippen LogP contribution is -2.48. The van der Waals surface area contributed by atoms with Gasteiger partial charge in [-0.3, -0.25) is 4.79 Å². The Morgan fingerprint density at radius 1 is 0.943 bits per heavy atom. The van der Waals surface area contributed by atoms with E-state index in [0.717, 1.165) is 47.9 Å². The minimum atomic E-state index is -1.06. The third kappa shape index (κ3) is 5.66. The fourth-order valence-corrected chi connectivity index (χ4v) is 5.43. The molecule has 7 nitrogen and oxygen atoms in total. The summed E-state index contributed by atoms with van der Waals surface area (Å²) in [4.78, 5) is 37.0. The Morgan fingerprint density at radius 3 is 2.06 bits per heavy atom. The van der Waals surface area contributed by atoms with Gasteiger partial charge in [0.05, 0.1) is 0 Å². The molecule has 186 valence electrons. The van der Waals surface area contributed by atoms with Crippen LogP contribution in [0.5, 0.6) is 0 Å². The number of rotatable bonds is 9. The van der Waals surface area contributed by atoms with Gasteiger partial charge >= 0.3 is 12.1 Å². The van der Waals surface area contributed by atoms with Gasteiger partial charge in [-0.25, -0.2) is 9.59 Å². The van der Waals surface area contributed by atoms with Crippen LogP contribution in [0.15, 0.2) is 48.5 Å². The normalized spacial score (nSPS) is 16.9. The minimum absolute atomic E-state index is 0.0331. The summed E-state index contributed by atoms with van der Waals surface area (Å²) in [7, 11) is 0. The number of fused-ring (bicyclic) bond motifs is 3. The maximum absolute atomic E-state index is 12.9. The topological polar surface area (TPSA) is 105 Å². The molecule has 0 bridgehead atoms. The van der Waals surface area contributed by atoms with Crippen LogP contribution in [0.25, 0.3) is 11.1 Å². The van der Waals surface area contributed by atoms with Gasteiger partial charge in [0.2, 0.25) is 5.91 Å². The lowest BCUT2D eigenvalue weighted by atomic mass is 9.94. The minimum Gasteiger partial charge on any atom is -0.480 e. The first-order valence-electron chi connectivity index (χ1n) is 12.5. The zero-order valence-electron chi connectivity index (χ0n) is 20.3. The molecule has 7 heteroatoms. The third-order valence-electron chi connectivity index (χ3n) is 7.27. The van der Waals surface area contributed by atoms with Gasteiger partial charge in [-0.1, -0.05) is 75.2 Å². The number of carbonyl (C=O) groups is 3. The summed E-state index contributed by atoms with van der Waals surface area (Å²) in [6.07, 6.45) is 3.45. The van der Waals surface area contributed by atoms with Crippen LogP contribution in [0.1, 0.15) is 63.0 Å². The fourth-order valence-electron chi connectivity index (χ4n) is 5.43. The number of hydrogen-bond acceptors (Lipinski definition) is 4. The van der Waals surface area contributed by atoms with Gasteiger partial charge in [-0.15, -0.1) is 0 Å². The van der Waals surface area contributed by atoms with Crippen molar-refractivity contribution in [2.75, 3.05) is 6.61 Å².